The Morgan fingerprint density at radius 3 is 2.50 bits per heavy atom. The van der Waals surface area contributed by atoms with Crippen molar-refractivity contribution in [2.75, 3.05) is 6.54 Å². The Bertz CT molecular complexity index is 495. The highest BCUT2D eigenvalue weighted by atomic mass is 16.3. The van der Waals surface area contributed by atoms with Crippen molar-refractivity contribution in [2.45, 2.75) is 56.6 Å². The lowest BCUT2D eigenvalue weighted by molar-refractivity contribution is -0.0290. The minimum atomic E-state index is -0.673. The van der Waals surface area contributed by atoms with Gasteiger partial charge in [-0.1, -0.05) is 49.6 Å². The average molecular weight is 302 g/mol. The van der Waals surface area contributed by atoms with Gasteiger partial charge in [0.15, 0.2) is 0 Å². The molecular formula is C18H26N2O2. The van der Waals surface area contributed by atoms with Crippen molar-refractivity contribution in [3.05, 3.63) is 35.9 Å². The number of benzene rings is 1. The van der Waals surface area contributed by atoms with Crippen molar-refractivity contribution in [1.29, 1.82) is 0 Å². The van der Waals surface area contributed by atoms with Crippen LogP contribution < -0.4 is 10.6 Å². The van der Waals surface area contributed by atoms with Crippen molar-refractivity contribution in [3.8, 4) is 0 Å². The second kappa shape index (κ2) is 6.69. The van der Waals surface area contributed by atoms with E-state index in [2.05, 4.69) is 22.8 Å². The molecule has 22 heavy (non-hydrogen) atoms. The molecule has 2 saturated carbocycles. The van der Waals surface area contributed by atoms with Crippen LogP contribution in [0.25, 0.3) is 0 Å². The normalized spacial score (nSPS) is 21.3. The molecule has 0 heterocycles. The van der Waals surface area contributed by atoms with Crippen LogP contribution in [-0.2, 0) is 0 Å². The summed E-state index contributed by atoms with van der Waals surface area (Å²) in [4.78, 5) is 12.2. The van der Waals surface area contributed by atoms with Gasteiger partial charge < -0.3 is 15.7 Å². The summed E-state index contributed by atoms with van der Waals surface area (Å²) in [5.41, 5.74) is 0.486. The topological polar surface area (TPSA) is 61.4 Å². The highest BCUT2D eigenvalue weighted by Gasteiger charge is 2.34. The molecule has 1 aromatic carbocycles. The summed E-state index contributed by atoms with van der Waals surface area (Å²) >= 11 is 0. The van der Waals surface area contributed by atoms with Crippen molar-refractivity contribution >= 4 is 6.03 Å². The van der Waals surface area contributed by atoms with Crippen LogP contribution >= 0.6 is 0 Å². The fraction of sp³-hybridized carbons (Fsp3) is 0.611. The molecule has 0 aromatic heterocycles. The molecule has 1 aromatic rings. The highest BCUT2D eigenvalue weighted by Crippen LogP contribution is 2.35. The lowest BCUT2D eigenvalue weighted by Gasteiger charge is -2.37. The van der Waals surface area contributed by atoms with E-state index in [1.54, 1.807) is 0 Å². The second-order valence-electron chi connectivity index (χ2n) is 6.90. The third-order valence-corrected chi connectivity index (χ3v) is 5.16. The van der Waals surface area contributed by atoms with Gasteiger partial charge in [0.2, 0.25) is 0 Å². The SMILES string of the molecule is O=C(NCC1(O)CCC1)NC(CC1CCC1)c1ccccc1. The number of urea groups is 1. The summed E-state index contributed by atoms with van der Waals surface area (Å²) in [6, 6.07) is 10.1. The molecule has 0 radical (unpaired) electrons. The quantitative estimate of drug-likeness (QED) is 0.756. The van der Waals surface area contributed by atoms with Gasteiger partial charge >= 0.3 is 6.03 Å². The molecule has 4 nitrogen and oxygen atoms in total. The molecule has 3 N–H and O–H groups in total. The summed E-state index contributed by atoms with van der Waals surface area (Å²) in [7, 11) is 0. The van der Waals surface area contributed by atoms with Crippen LogP contribution in [0.3, 0.4) is 0 Å². The Hall–Kier alpha value is -1.55. The molecule has 1 atom stereocenters. The van der Waals surface area contributed by atoms with E-state index in [4.69, 9.17) is 0 Å². The molecule has 0 saturated heterocycles. The third kappa shape index (κ3) is 3.80. The maximum Gasteiger partial charge on any atom is 0.315 e. The fourth-order valence-electron chi connectivity index (χ4n) is 3.24. The van der Waals surface area contributed by atoms with Gasteiger partial charge in [-0.15, -0.1) is 0 Å². The van der Waals surface area contributed by atoms with Gasteiger partial charge in [0.25, 0.3) is 0 Å². The Morgan fingerprint density at radius 2 is 1.95 bits per heavy atom. The number of carbonyl (C=O) groups is 1. The van der Waals surface area contributed by atoms with Crippen molar-refractivity contribution < 1.29 is 9.90 Å². The van der Waals surface area contributed by atoms with Crippen LogP contribution in [0.2, 0.25) is 0 Å². The van der Waals surface area contributed by atoms with Crippen LogP contribution in [0, 0.1) is 5.92 Å². The molecule has 0 spiro atoms. The summed E-state index contributed by atoms with van der Waals surface area (Å²) in [6.07, 6.45) is 7.48. The molecular weight excluding hydrogens is 276 g/mol. The summed E-state index contributed by atoms with van der Waals surface area (Å²) in [5, 5.41) is 16.0. The van der Waals surface area contributed by atoms with E-state index < -0.39 is 5.60 Å². The largest absolute Gasteiger partial charge is 0.388 e. The van der Waals surface area contributed by atoms with E-state index in [1.165, 1.54) is 19.3 Å². The van der Waals surface area contributed by atoms with Crippen LogP contribution in [-0.4, -0.2) is 23.3 Å². The Labute approximate surface area is 132 Å². The van der Waals surface area contributed by atoms with Gasteiger partial charge in [0.1, 0.15) is 0 Å². The van der Waals surface area contributed by atoms with Crippen LogP contribution in [0.15, 0.2) is 30.3 Å². The van der Waals surface area contributed by atoms with E-state index >= 15 is 0 Å². The Balaban J connectivity index is 1.55. The Morgan fingerprint density at radius 1 is 1.23 bits per heavy atom. The minimum absolute atomic E-state index is 0.0579. The van der Waals surface area contributed by atoms with Crippen LogP contribution in [0.4, 0.5) is 4.79 Å². The zero-order valence-electron chi connectivity index (χ0n) is 13.1. The number of aliphatic hydroxyl groups is 1. The molecule has 2 aliphatic carbocycles. The molecule has 1 unspecified atom stereocenters. The number of hydrogen-bond acceptors (Lipinski definition) is 2. The van der Waals surface area contributed by atoms with Gasteiger partial charge in [-0.05, 0) is 37.2 Å². The molecule has 2 fully saturated rings. The summed E-state index contributed by atoms with van der Waals surface area (Å²) in [6.45, 7) is 0.351. The van der Waals surface area contributed by atoms with Crippen LogP contribution in [0.1, 0.15) is 56.6 Å². The van der Waals surface area contributed by atoms with Gasteiger partial charge in [0, 0.05) is 6.54 Å². The predicted octanol–water partition coefficient (Wildman–Crippen LogP) is 3.13. The van der Waals surface area contributed by atoms with Crippen molar-refractivity contribution in [1.82, 2.24) is 10.6 Å². The van der Waals surface area contributed by atoms with E-state index in [0.29, 0.717) is 6.54 Å². The predicted molar refractivity (Wildman–Crippen MR) is 86.5 cm³/mol. The number of amides is 2. The molecule has 3 rings (SSSR count). The fourth-order valence-corrected chi connectivity index (χ4v) is 3.24. The molecule has 2 aliphatic rings. The second-order valence-corrected chi connectivity index (χ2v) is 6.90. The molecule has 0 aliphatic heterocycles. The first kappa shape index (κ1) is 15.3. The smallest absolute Gasteiger partial charge is 0.315 e. The maximum absolute atomic E-state index is 12.2. The van der Waals surface area contributed by atoms with E-state index in [1.807, 2.05) is 18.2 Å². The monoisotopic (exact) mass is 302 g/mol. The number of rotatable bonds is 6. The first-order valence-corrected chi connectivity index (χ1v) is 8.46. The van der Waals surface area contributed by atoms with Gasteiger partial charge in [-0.25, -0.2) is 4.79 Å². The average Bonchev–Trinajstić information content (AvgIpc) is 2.46. The molecule has 2 amide bonds. The number of carbonyl (C=O) groups excluding carboxylic acids is 1. The molecule has 0 bridgehead atoms. The van der Waals surface area contributed by atoms with E-state index in [9.17, 15) is 9.90 Å². The maximum atomic E-state index is 12.2. The van der Waals surface area contributed by atoms with Crippen molar-refractivity contribution in [3.63, 3.8) is 0 Å². The molecule has 120 valence electrons. The van der Waals surface area contributed by atoms with Gasteiger partial charge in [-0.3, -0.25) is 0 Å². The summed E-state index contributed by atoms with van der Waals surface area (Å²) in [5.74, 6) is 0.723. The van der Waals surface area contributed by atoms with E-state index in [0.717, 1.165) is 37.2 Å². The zero-order chi connectivity index (χ0) is 15.4. The van der Waals surface area contributed by atoms with Gasteiger partial charge in [0.05, 0.1) is 11.6 Å². The standard InChI is InChI=1S/C18H26N2O2/c21-17(19-13-18(22)10-5-11-18)20-16(12-14-6-4-7-14)15-8-2-1-3-9-15/h1-3,8-9,14,16,22H,4-7,10-13H2,(H2,19,20,21). The minimum Gasteiger partial charge on any atom is -0.388 e. The van der Waals surface area contributed by atoms with Crippen LogP contribution in [0.5, 0.6) is 0 Å². The first-order chi connectivity index (χ1) is 10.6. The lowest BCUT2D eigenvalue weighted by Crippen LogP contribution is -2.50. The Kier molecular flexibility index (Phi) is 4.67. The van der Waals surface area contributed by atoms with Gasteiger partial charge in [-0.2, -0.15) is 0 Å². The summed E-state index contributed by atoms with van der Waals surface area (Å²) < 4.78 is 0. The molecule has 4 heteroatoms. The van der Waals surface area contributed by atoms with E-state index in [-0.39, 0.29) is 12.1 Å². The third-order valence-electron chi connectivity index (χ3n) is 5.16. The lowest BCUT2D eigenvalue weighted by atomic mass is 9.79. The highest BCUT2D eigenvalue weighted by molar-refractivity contribution is 5.74. The number of nitrogens with one attached hydrogen (secondary N) is 2. The first-order valence-electron chi connectivity index (χ1n) is 8.46. The van der Waals surface area contributed by atoms with Crippen molar-refractivity contribution in [2.24, 2.45) is 5.92 Å². The zero-order valence-corrected chi connectivity index (χ0v) is 13.1. The number of hydrogen-bond donors (Lipinski definition) is 3.